The van der Waals surface area contributed by atoms with Crippen LogP contribution in [0.15, 0.2) is 35.4 Å². The van der Waals surface area contributed by atoms with Gasteiger partial charge in [-0.2, -0.15) is 5.10 Å². The van der Waals surface area contributed by atoms with Crippen molar-refractivity contribution in [3.8, 4) is 11.3 Å². The largest absolute Gasteiger partial charge is 0.298 e. The van der Waals surface area contributed by atoms with E-state index < -0.39 is 0 Å². The molecule has 2 rings (SSSR count). The summed E-state index contributed by atoms with van der Waals surface area (Å²) < 4.78 is 1.39. The van der Waals surface area contributed by atoms with E-state index in [9.17, 15) is 4.79 Å². The highest BCUT2D eigenvalue weighted by molar-refractivity contribution is 5.91. The molecule has 0 unspecified atom stereocenters. The zero-order valence-electron chi connectivity index (χ0n) is 9.11. The molecule has 1 heterocycles. The maximum absolute atomic E-state index is 11.1. The van der Waals surface area contributed by atoms with E-state index >= 15 is 0 Å². The summed E-state index contributed by atoms with van der Waals surface area (Å²) in [4.78, 5) is 13.8. The predicted octanol–water partition coefficient (Wildman–Crippen LogP) is 2.84. The maximum Gasteiger partial charge on any atom is 0.154 e. The number of benzene rings is 1. The van der Waals surface area contributed by atoms with Crippen LogP contribution < -0.4 is 0 Å². The lowest BCUT2D eigenvalue weighted by atomic mass is 10.1. The normalized spacial score (nSPS) is 9.71. The Hall–Kier alpha value is -2.59. The van der Waals surface area contributed by atoms with E-state index in [1.807, 2.05) is 30.3 Å². The van der Waals surface area contributed by atoms with Crippen LogP contribution in [0.2, 0.25) is 0 Å². The molecular formula is C11H9N5O. The molecule has 1 aromatic heterocycles. The molecule has 1 aromatic carbocycles. The summed E-state index contributed by atoms with van der Waals surface area (Å²) >= 11 is 0. The van der Waals surface area contributed by atoms with Crippen LogP contribution in [0, 0.1) is 0 Å². The average Bonchev–Trinajstić information content (AvgIpc) is 2.68. The molecule has 0 radical (unpaired) electrons. The highest BCUT2D eigenvalue weighted by Gasteiger charge is 2.15. The second-order valence-electron chi connectivity index (χ2n) is 3.38. The van der Waals surface area contributed by atoms with Crippen molar-refractivity contribution in [2.75, 3.05) is 0 Å². The molecule has 0 aliphatic carbocycles. The number of nitrogens with zero attached hydrogens (tertiary/aromatic N) is 5. The van der Waals surface area contributed by atoms with E-state index in [-0.39, 0.29) is 5.82 Å². The predicted molar refractivity (Wildman–Crippen MR) is 62.8 cm³/mol. The Morgan fingerprint density at radius 2 is 2.12 bits per heavy atom. The first kappa shape index (κ1) is 10.9. The zero-order valence-corrected chi connectivity index (χ0v) is 9.11. The van der Waals surface area contributed by atoms with Gasteiger partial charge >= 0.3 is 0 Å². The van der Waals surface area contributed by atoms with Crippen molar-refractivity contribution in [3.05, 3.63) is 46.3 Å². The van der Waals surface area contributed by atoms with E-state index in [0.717, 1.165) is 5.56 Å². The van der Waals surface area contributed by atoms with Gasteiger partial charge in [0.25, 0.3) is 0 Å². The van der Waals surface area contributed by atoms with E-state index in [1.165, 1.54) is 4.68 Å². The molecule has 0 saturated heterocycles. The summed E-state index contributed by atoms with van der Waals surface area (Å²) in [6.45, 7) is 0. The first-order chi connectivity index (χ1) is 8.27. The van der Waals surface area contributed by atoms with Gasteiger partial charge in [0.15, 0.2) is 6.29 Å². The molecule has 0 aliphatic rings. The highest BCUT2D eigenvalue weighted by atomic mass is 16.1. The molecule has 0 N–H and O–H groups in total. The summed E-state index contributed by atoms with van der Waals surface area (Å²) in [5.41, 5.74) is 10.1. The van der Waals surface area contributed by atoms with Gasteiger partial charge in [0.1, 0.15) is 11.5 Å². The van der Waals surface area contributed by atoms with Gasteiger partial charge in [0.05, 0.1) is 5.56 Å². The molecule has 17 heavy (non-hydrogen) atoms. The number of carbonyl (C=O) groups is 1. The molecule has 0 saturated carbocycles. The minimum atomic E-state index is 0.223. The van der Waals surface area contributed by atoms with E-state index in [0.29, 0.717) is 17.5 Å². The molecule has 6 nitrogen and oxygen atoms in total. The van der Waals surface area contributed by atoms with Crippen LogP contribution in [-0.4, -0.2) is 16.1 Å². The van der Waals surface area contributed by atoms with Gasteiger partial charge < -0.3 is 0 Å². The quantitative estimate of drug-likeness (QED) is 0.349. The van der Waals surface area contributed by atoms with Crippen LogP contribution in [0.5, 0.6) is 0 Å². The maximum atomic E-state index is 11.1. The van der Waals surface area contributed by atoms with E-state index in [1.54, 1.807) is 7.05 Å². The number of azide groups is 1. The van der Waals surface area contributed by atoms with Crippen molar-refractivity contribution < 1.29 is 4.79 Å². The molecule has 0 spiro atoms. The van der Waals surface area contributed by atoms with Crippen molar-refractivity contribution in [2.45, 2.75) is 0 Å². The van der Waals surface area contributed by atoms with Crippen molar-refractivity contribution >= 4 is 12.1 Å². The zero-order chi connectivity index (χ0) is 12.3. The third-order valence-electron chi connectivity index (χ3n) is 2.36. The van der Waals surface area contributed by atoms with Crippen LogP contribution in [0.3, 0.4) is 0 Å². The van der Waals surface area contributed by atoms with Crippen molar-refractivity contribution in [1.82, 2.24) is 9.78 Å². The third kappa shape index (κ3) is 1.89. The Morgan fingerprint density at radius 3 is 2.71 bits per heavy atom. The molecule has 0 bridgehead atoms. The lowest BCUT2D eigenvalue weighted by molar-refractivity contribution is 0.112. The molecular weight excluding hydrogens is 218 g/mol. The fraction of sp³-hybridized carbons (Fsp3) is 0.0909. The fourth-order valence-electron chi connectivity index (χ4n) is 1.61. The number of hydrogen-bond donors (Lipinski definition) is 0. The molecule has 0 atom stereocenters. The molecule has 2 aromatic rings. The van der Waals surface area contributed by atoms with Crippen LogP contribution in [0.1, 0.15) is 10.4 Å². The fourth-order valence-corrected chi connectivity index (χ4v) is 1.61. The number of rotatable bonds is 3. The van der Waals surface area contributed by atoms with Crippen LogP contribution in [0.25, 0.3) is 21.7 Å². The lowest BCUT2D eigenvalue weighted by Gasteiger charge is -1.96. The summed E-state index contributed by atoms with van der Waals surface area (Å²) in [7, 11) is 1.63. The number of aryl methyl sites for hydroxylation is 1. The van der Waals surface area contributed by atoms with Crippen molar-refractivity contribution in [2.24, 2.45) is 12.2 Å². The molecule has 84 valence electrons. The number of hydrogen-bond acceptors (Lipinski definition) is 3. The summed E-state index contributed by atoms with van der Waals surface area (Å²) in [6, 6.07) is 9.27. The van der Waals surface area contributed by atoms with Gasteiger partial charge in [0.2, 0.25) is 0 Å². The number of carbonyl (C=O) groups excluding carboxylic acids is 1. The minimum Gasteiger partial charge on any atom is -0.298 e. The smallest absolute Gasteiger partial charge is 0.154 e. The highest BCUT2D eigenvalue weighted by Crippen LogP contribution is 2.28. The Labute approximate surface area is 97.1 Å². The van der Waals surface area contributed by atoms with E-state index in [2.05, 4.69) is 15.1 Å². The van der Waals surface area contributed by atoms with Crippen LogP contribution in [-0.2, 0) is 7.05 Å². The second kappa shape index (κ2) is 4.51. The Bertz CT molecular complexity index is 596. The summed E-state index contributed by atoms with van der Waals surface area (Å²) in [5.74, 6) is 0.223. The van der Waals surface area contributed by atoms with Gasteiger partial charge in [-0.1, -0.05) is 30.3 Å². The van der Waals surface area contributed by atoms with Crippen molar-refractivity contribution in [1.29, 1.82) is 0 Å². The van der Waals surface area contributed by atoms with Crippen LogP contribution in [0.4, 0.5) is 5.82 Å². The number of aldehydes is 1. The first-order valence-electron chi connectivity index (χ1n) is 4.90. The third-order valence-corrected chi connectivity index (χ3v) is 2.36. The summed E-state index contributed by atoms with van der Waals surface area (Å²) in [6.07, 6.45) is 0.652. The lowest BCUT2D eigenvalue weighted by Crippen LogP contribution is -1.88. The minimum absolute atomic E-state index is 0.223. The van der Waals surface area contributed by atoms with Crippen molar-refractivity contribution in [3.63, 3.8) is 0 Å². The van der Waals surface area contributed by atoms with Gasteiger partial charge in [-0.15, -0.1) is 0 Å². The van der Waals surface area contributed by atoms with Gasteiger partial charge in [-0.25, -0.2) is 0 Å². The Kier molecular flexibility index (Phi) is 2.89. The Morgan fingerprint density at radius 1 is 1.41 bits per heavy atom. The van der Waals surface area contributed by atoms with Crippen LogP contribution >= 0.6 is 0 Å². The second-order valence-corrected chi connectivity index (χ2v) is 3.38. The molecule has 6 heteroatoms. The van der Waals surface area contributed by atoms with Gasteiger partial charge in [0, 0.05) is 17.5 Å². The molecule has 0 aliphatic heterocycles. The standard InChI is InChI=1S/C11H9N5O/c1-16-11(13-15-12)9(7-17)10(14-16)8-5-3-2-4-6-8/h2-7H,1H3. The number of aromatic nitrogens is 2. The molecule has 0 fully saturated rings. The first-order valence-corrected chi connectivity index (χ1v) is 4.90. The average molecular weight is 227 g/mol. The van der Waals surface area contributed by atoms with E-state index in [4.69, 9.17) is 5.53 Å². The topological polar surface area (TPSA) is 83.7 Å². The SMILES string of the molecule is Cn1nc(-c2ccccc2)c(C=O)c1N=[N+]=[N-]. The van der Waals surface area contributed by atoms with Gasteiger partial charge in [-0.05, 0) is 10.6 Å². The molecule has 0 amide bonds. The monoisotopic (exact) mass is 227 g/mol. The Balaban J connectivity index is 2.68. The summed E-state index contributed by atoms with van der Waals surface area (Å²) in [5, 5.41) is 7.66. The van der Waals surface area contributed by atoms with Gasteiger partial charge in [-0.3, -0.25) is 9.48 Å².